The average Bonchev–Trinajstić information content (AvgIpc) is 3.32. The van der Waals surface area contributed by atoms with E-state index in [4.69, 9.17) is 9.97 Å². The van der Waals surface area contributed by atoms with Gasteiger partial charge in [0.25, 0.3) is 5.91 Å². The Morgan fingerprint density at radius 2 is 1.69 bits per heavy atom. The fourth-order valence-electron chi connectivity index (χ4n) is 4.69. The first-order valence-corrected chi connectivity index (χ1v) is 10.4. The summed E-state index contributed by atoms with van der Waals surface area (Å²) in [4.78, 5) is 29.5. The molecule has 0 aromatic carbocycles. The smallest absolute Gasteiger partial charge is 0.273 e. The first kappa shape index (κ1) is 17.6. The number of carbonyl (C=O) groups excluding carboxylic acids is 1. The number of carbonyl (C=O) groups is 1. The lowest BCUT2D eigenvalue weighted by atomic mass is 9.94. The van der Waals surface area contributed by atoms with E-state index in [9.17, 15) is 4.79 Å². The van der Waals surface area contributed by atoms with Gasteiger partial charge in [-0.05, 0) is 39.5 Å². The second kappa shape index (κ2) is 7.41. The molecule has 3 aliphatic rings. The lowest BCUT2D eigenvalue weighted by Gasteiger charge is -2.30. The van der Waals surface area contributed by atoms with E-state index < -0.39 is 0 Å². The summed E-state index contributed by atoms with van der Waals surface area (Å²) < 4.78 is 0. The van der Waals surface area contributed by atoms with Crippen molar-refractivity contribution in [1.82, 2.24) is 14.9 Å². The summed E-state index contributed by atoms with van der Waals surface area (Å²) >= 11 is 0. The van der Waals surface area contributed by atoms with Gasteiger partial charge in [0.2, 0.25) is 5.95 Å². The predicted molar refractivity (Wildman–Crippen MR) is 104 cm³/mol. The minimum atomic E-state index is 0.128. The van der Waals surface area contributed by atoms with Crippen molar-refractivity contribution in [2.75, 3.05) is 36.0 Å². The highest BCUT2D eigenvalue weighted by molar-refractivity contribution is 5.98. The van der Waals surface area contributed by atoms with Gasteiger partial charge in [0.05, 0.1) is 6.54 Å². The van der Waals surface area contributed by atoms with Crippen LogP contribution in [0.5, 0.6) is 0 Å². The third kappa shape index (κ3) is 3.03. The van der Waals surface area contributed by atoms with Crippen molar-refractivity contribution < 1.29 is 4.79 Å². The highest BCUT2D eigenvalue weighted by Gasteiger charge is 2.38. The van der Waals surface area contributed by atoms with E-state index in [1.807, 2.05) is 0 Å². The molecule has 26 heavy (non-hydrogen) atoms. The van der Waals surface area contributed by atoms with Gasteiger partial charge in [-0.3, -0.25) is 4.79 Å². The summed E-state index contributed by atoms with van der Waals surface area (Å²) in [7, 11) is 0. The zero-order valence-electron chi connectivity index (χ0n) is 16.2. The molecule has 1 aromatic heterocycles. The molecule has 6 nitrogen and oxygen atoms in total. The summed E-state index contributed by atoms with van der Waals surface area (Å²) in [5.74, 6) is 1.86. The van der Waals surface area contributed by atoms with Crippen molar-refractivity contribution in [3.8, 4) is 0 Å². The highest BCUT2D eigenvalue weighted by atomic mass is 16.2. The van der Waals surface area contributed by atoms with Gasteiger partial charge in [0.15, 0.2) is 0 Å². The number of hydrogen-bond donors (Lipinski definition) is 0. The maximum Gasteiger partial charge on any atom is 0.273 e. The molecule has 0 atom stereocenters. The van der Waals surface area contributed by atoms with Gasteiger partial charge in [-0.25, -0.2) is 4.98 Å². The van der Waals surface area contributed by atoms with Crippen LogP contribution in [0.4, 0.5) is 11.8 Å². The van der Waals surface area contributed by atoms with Crippen LogP contribution in [0, 0.1) is 0 Å². The van der Waals surface area contributed by atoms with Gasteiger partial charge >= 0.3 is 0 Å². The monoisotopic (exact) mass is 357 g/mol. The Labute approximate surface area is 156 Å². The molecule has 1 amide bonds. The van der Waals surface area contributed by atoms with E-state index in [2.05, 4.69) is 28.5 Å². The Bertz CT molecular complexity index is 660. The van der Waals surface area contributed by atoms with Crippen LogP contribution in [0.3, 0.4) is 0 Å². The van der Waals surface area contributed by atoms with Crippen LogP contribution in [0.15, 0.2) is 0 Å². The normalized spacial score (nSPS) is 20.8. The number of amides is 1. The van der Waals surface area contributed by atoms with Gasteiger partial charge in [0, 0.05) is 37.8 Å². The molecule has 1 aliphatic carbocycles. The molecule has 2 fully saturated rings. The first-order valence-electron chi connectivity index (χ1n) is 10.4. The van der Waals surface area contributed by atoms with Crippen molar-refractivity contribution in [2.45, 2.75) is 71.4 Å². The molecule has 0 radical (unpaired) electrons. The van der Waals surface area contributed by atoms with Crippen molar-refractivity contribution >= 4 is 17.7 Å². The Balaban J connectivity index is 1.71. The van der Waals surface area contributed by atoms with Crippen LogP contribution in [0.2, 0.25) is 0 Å². The standard InChI is InChI=1S/C20H31N5O/c1-3-23(4-2)18-16-14-25(15-10-6-5-7-11-15)19(26)17(16)21-20(22-18)24-12-8-9-13-24/h15H,3-14H2,1-2H3. The Morgan fingerprint density at radius 1 is 1.00 bits per heavy atom. The molecule has 1 saturated carbocycles. The molecule has 0 bridgehead atoms. The molecule has 6 heteroatoms. The van der Waals surface area contributed by atoms with E-state index in [0.29, 0.717) is 18.3 Å². The third-order valence-corrected chi connectivity index (χ3v) is 6.23. The molecule has 0 spiro atoms. The molecule has 0 N–H and O–H groups in total. The summed E-state index contributed by atoms with van der Waals surface area (Å²) in [6.07, 6.45) is 8.40. The molecule has 2 aliphatic heterocycles. The maximum absolute atomic E-state index is 13.2. The van der Waals surface area contributed by atoms with Gasteiger partial charge in [-0.15, -0.1) is 0 Å². The number of anilines is 2. The van der Waals surface area contributed by atoms with Crippen molar-refractivity contribution in [2.24, 2.45) is 0 Å². The van der Waals surface area contributed by atoms with Crippen molar-refractivity contribution in [3.63, 3.8) is 0 Å². The van der Waals surface area contributed by atoms with Crippen LogP contribution < -0.4 is 9.80 Å². The number of nitrogens with zero attached hydrogens (tertiary/aromatic N) is 5. The zero-order chi connectivity index (χ0) is 18.1. The number of hydrogen-bond acceptors (Lipinski definition) is 5. The van der Waals surface area contributed by atoms with E-state index in [-0.39, 0.29) is 5.91 Å². The van der Waals surface area contributed by atoms with Crippen molar-refractivity contribution in [3.05, 3.63) is 11.3 Å². The SMILES string of the molecule is CCN(CC)c1nc(N2CCCC2)nc2c1CN(C1CCCCC1)C2=O. The van der Waals surface area contributed by atoms with Gasteiger partial charge in [-0.1, -0.05) is 19.3 Å². The van der Waals surface area contributed by atoms with E-state index in [0.717, 1.165) is 56.4 Å². The lowest BCUT2D eigenvalue weighted by Crippen LogP contribution is -2.37. The second-order valence-corrected chi connectivity index (χ2v) is 7.77. The van der Waals surface area contributed by atoms with Crippen LogP contribution in [-0.4, -0.2) is 53.0 Å². The van der Waals surface area contributed by atoms with Crippen LogP contribution in [-0.2, 0) is 6.54 Å². The fourth-order valence-corrected chi connectivity index (χ4v) is 4.69. The molecule has 4 rings (SSSR count). The van der Waals surface area contributed by atoms with Gasteiger partial charge < -0.3 is 14.7 Å². The summed E-state index contributed by atoms with van der Waals surface area (Å²) in [6.45, 7) is 8.79. The number of fused-ring (bicyclic) bond motifs is 1. The summed E-state index contributed by atoms with van der Waals surface area (Å²) in [6, 6.07) is 0.380. The molecule has 0 unspecified atom stereocenters. The zero-order valence-corrected chi connectivity index (χ0v) is 16.2. The number of aromatic nitrogens is 2. The maximum atomic E-state index is 13.2. The Morgan fingerprint density at radius 3 is 2.35 bits per heavy atom. The summed E-state index contributed by atoms with van der Waals surface area (Å²) in [5.41, 5.74) is 1.71. The molecular formula is C20H31N5O. The topological polar surface area (TPSA) is 52.6 Å². The quantitative estimate of drug-likeness (QED) is 0.810. The van der Waals surface area contributed by atoms with Crippen LogP contribution >= 0.6 is 0 Å². The molecule has 3 heterocycles. The summed E-state index contributed by atoms with van der Waals surface area (Å²) in [5, 5.41) is 0. The second-order valence-electron chi connectivity index (χ2n) is 7.77. The molecule has 142 valence electrons. The van der Waals surface area contributed by atoms with E-state index in [1.165, 1.54) is 32.1 Å². The molecular weight excluding hydrogens is 326 g/mol. The average molecular weight is 358 g/mol. The molecule has 1 aromatic rings. The van der Waals surface area contributed by atoms with Crippen LogP contribution in [0.25, 0.3) is 0 Å². The fraction of sp³-hybridized carbons (Fsp3) is 0.750. The third-order valence-electron chi connectivity index (χ3n) is 6.23. The molecule has 1 saturated heterocycles. The van der Waals surface area contributed by atoms with Crippen molar-refractivity contribution in [1.29, 1.82) is 0 Å². The Kier molecular flexibility index (Phi) is 5.00. The largest absolute Gasteiger partial charge is 0.357 e. The Hall–Kier alpha value is -1.85. The minimum Gasteiger partial charge on any atom is -0.357 e. The minimum absolute atomic E-state index is 0.128. The van der Waals surface area contributed by atoms with Gasteiger partial charge in [-0.2, -0.15) is 4.98 Å². The highest BCUT2D eigenvalue weighted by Crippen LogP contribution is 2.35. The van der Waals surface area contributed by atoms with E-state index in [1.54, 1.807) is 0 Å². The van der Waals surface area contributed by atoms with E-state index >= 15 is 0 Å². The predicted octanol–water partition coefficient (Wildman–Crippen LogP) is 3.21. The van der Waals surface area contributed by atoms with Crippen LogP contribution in [0.1, 0.15) is 74.8 Å². The first-order chi connectivity index (χ1) is 12.7. The lowest BCUT2D eigenvalue weighted by molar-refractivity contribution is 0.0656. The number of rotatable bonds is 5. The van der Waals surface area contributed by atoms with Gasteiger partial charge in [0.1, 0.15) is 11.5 Å².